The Balaban J connectivity index is 1.69. The molecule has 1 aromatic carbocycles. The molecule has 170 valence electrons. The van der Waals surface area contributed by atoms with Gasteiger partial charge in [-0.25, -0.2) is 17.2 Å². The summed E-state index contributed by atoms with van der Waals surface area (Å²) in [6.45, 7) is 3.16. The standard InChI is InChI=1S/C23H25F2N3O3S/c1-22(13-32(30,31)23(2,21(26)28-22)15-4-3-5-15)17-10-14(6-8-18(17)25)11-20(29)19-9-7-16(24)12-27-19/h6-10,12,15H,3-5,11,13H2,1-2H3,(H2,26,28)/t22-,23-/m0/s1. The van der Waals surface area contributed by atoms with Gasteiger partial charge in [-0.15, -0.1) is 0 Å². The first-order chi connectivity index (χ1) is 15.0. The predicted octanol–water partition coefficient (Wildman–Crippen LogP) is 3.34. The highest BCUT2D eigenvalue weighted by Crippen LogP contribution is 2.47. The van der Waals surface area contributed by atoms with Gasteiger partial charge in [0.05, 0.1) is 11.9 Å². The number of hydrogen-bond acceptors (Lipinski definition) is 6. The van der Waals surface area contributed by atoms with E-state index in [-0.39, 0.29) is 41.0 Å². The third-order valence-corrected chi connectivity index (χ3v) is 9.64. The summed E-state index contributed by atoms with van der Waals surface area (Å²) in [7, 11) is -3.72. The molecule has 32 heavy (non-hydrogen) atoms. The zero-order chi connectivity index (χ0) is 23.3. The monoisotopic (exact) mass is 461 g/mol. The second-order valence-electron chi connectivity index (χ2n) is 9.04. The Hall–Kier alpha value is -2.68. The first kappa shape index (κ1) is 22.5. The maximum atomic E-state index is 14.9. The van der Waals surface area contributed by atoms with Gasteiger partial charge in [0.25, 0.3) is 0 Å². The average molecular weight is 462 g/mol. The molecule has 0 radical (unpaired) electrons. The van der Waals surface area contributed by atoms with Crippen LogP contribution in [0.5, 0.6) is 0 Å². The van der Waals surface area contributed by atoms with Crippen molar-refractivity contribution in [3.05, 3.63) is 65.0 Å². The third-order valence-electron chi connectivity index (χ3n) is 6.87. The van der Waals surface area contributed by atoms with E-state index in [9.17, 15) is 22.0 Å². The molecule has 2 heterocycles. The fraction of sp³-hybridized carbons (Fsp3) is 0.435. The van der Waals surface area contributed by atoms with Gasteiger partial charge in [-0.1, -0.05) is 12.5 Å². The molecule has 0 saturated heterocycles. The number of hydrogen-bond donors (Lipinski definition) is 1. The summed E-state index contributed by atoms with van der Waals surface area (Å²) in [6, 6.07) is 6.52. The van der Waals surface area contributed by atoms with Gasteiger partial charge in [0.15, 0.2) is 15.6 Å². The minimum absolute atomic E-state index is 0.00680. The average Bonchev–Trinajstić information content (AvgIpc) is 2.66. The van der Waals surface area contributed by atoms with Crippen LogP contribution in [-0.4, -0.2) is 35.5 Å². The van der Waals surface area contributed by atoms with Crippen LogP contribution >= 0.6 is 0 Å². The molecule has 9 heteroatoms. The smallest absolute Gasteiger partial charge is 0.185 e. The van der Waals surface area contributed by atoms with Gasteiger partial charge in [0.1, 0.15) is 33.4 Å². The number of sulfone groups is 1. The van der Waals surface area contributed by atoms with E-state index in [1.54, 1.807) is 13.8 Å². The van der Waals surface area contributed by atoms with E-state index in [4.69, 9.17) is 5.73 Å². The minimum atomic E-state index is -3.72. The zero-order valence-electron chi connectivity index (χ0n) is 17.9. The number of benzene rings is 1. The Bertz CT molecular complexity index is 1210. The maximum absolute atomic E-state index is 14.9. The summed E-state index contributed by atoms with van der Waals surface area (Å²) in [6.07, 6.45) is 3.34. The maximum Gasteiger partial charge on any atom is 0.185 e. The van der Waals surface area contributed by atoms with Crippen molar-refractivity contribution in [1.82, 2.24) is 4.98 Å². The van der Waals surface area contributed by atoms with Crippen LogP contribution in [0.2, 0.25) is 0 Å². The largest absolute Gasteiger partial charge is 0.386 e. The number of nitrogens with zero attached hydrogens (tertiary/aromatic N) is 2. The first-order valence-corrected chi connectivity index (χ1v) is 12.1. The van der Waals surface area contributed by atoms with Crippen LogP contribution in [0, 0.1) is 17.6 Å². The van der Waals surface area contributed by atoms with Crippen molar-refractivity contribution in [2.45, 2.75) is 49.8 Å². The number of Topliss-reactive ketones (excluding diaryl/α,β-unsaturated/α-hetero) is 1. The van der Waals surface area contributed by atoms with Crippen LogP contribution in [0.1, 0.15) is 54.7 Å². The number of amidine groups is 1. The van der Waals surface area contributed by atoms with E-state index in [2.05, 4.69) is 9.98 Å². The molecule has 0 unspecified atom stereocenters. The Morgan fingerprint density at radius 1 is 1.19 bits per heavy atom. The summed E-state index contributed by atoms with van der Waals surface area (Å²) in [5, 5.41) is 0. The molecular weight excluding hydrogens is 436 g/mol. The second kappa shape index (κ2) is 7.72. The molecule has 2 N–H and O–H groups in total. The van der Waals surface area contributed by atoms with Crippen molar-refractivity contribution in [3.8, 4) is 0 Å². The van der Waals surface area contributed by atoms with Crippen LogP contribution in [0.15, 0.2) is 41.5 Å². The molecule has 2 aliphatic rings. The lowest BCUT2D eigenvalue weighted by atomic mass is 9.75. The number of nitrogens with two attached hydrogens (primary N) is 1. The highest BCUT2D eigenvalue weighted by atomic mass is 32.2. The van der Waals surface area contributed by atoms with E-state index < -0.39 is 31.8 Å². The molecule has 2 aromatic rings. The molecule has 1 aliphatic carbocycles. The molecule has 4 rings (SSSR count). The summed E-state index contributed by atoms with van der Waals surface area (Å²) in [5.41, 5.74) is 5.43. The number of carbonyl (C=O) groups is 1. The van der Waals surface area contributed by atoms with Gasteiger partial charge in [-0.05, 0) is 62.4 Å². The first-order valence-electron chi connectivity index (χ1n) is 10.5. The van der Waals surface area contributed by atoms with Gasteiger partial charge in [-0.2, -0.15) is 0 Å². The number of aromatic nitrogens is 1. The van der Waals surface area contributed by atoms with Gasteiger partial charge >= 0.3 is 0 Å². The molecular formula is C23H25F2N3O3S. The molecule has 0 amide bonds. The number of ketones is 1. The number of aliphatic imine (C=N–C) groups is 1. The SMILES string of the molecule is C[C@@]1(c2cc(CC(=O)c3ccc(F)cn3)ccc2F)CS(=O)(=O)[C@@](C)(C2CCC2)C(N)=N1. The second-order valence-corrected chi connectivity index (χ2v) is 11.4. The fourth-order valence-electron chi connectivity index (χ4n) is 4.56. The van der Waals surface area contributed by atoms with Crippen molar-refractivity contribution in [2.75, 3.05) is 5.75 Å². The van der Waals surface area contributed by atoms with E-state index in [0.29, 0.717) is 5.56 Å². The van der Waals surface area contributed by atoms with Gasteiger partial charge in [-0.3, -0.25) is 14.8 Å². The quantitative estimate of drug-likeness (QED) is 0.688. The minimum Gasteiger partial charge on any atom is -0.386 e. The van der Waals surface area contributed by atoms with Crippen LogP contribution < -0.4 is 5.73 Å². The van der Waals surface area contributed by atoms with Crippen LogP contribution in [0.25, 0.3) is 0 Å². The summed E-state index contributed by atoms with van der Waals surface area (Å²) < 4.78 is 53.4. The zero-order valence-corrected chi connectivity index (χ0v) is 18.8. The molecule has 1 aliphatic heterocycles. The van der Waals surface area contributed by atoms with E-state index in [0.717, 1.165) is 31.5 Å². The fourth-order valence-corrected chi connectivity index (χ4v) is 6.93. The predicted molar refractivity (Wildman–Crippen MR) is 117 cm³/mol. The van der Waals surface area contributed by atoms with Crippen molar-refractivity contribution >= 4 is 21.5 Å². The van der Waals surface area contributed by atoms with Crippen LogP contribution in [0.4, 0.5) is 8.78 Å². The Morgan fingerprint density at radius 2 is 1.91 bits per heavy atom. The lowest BCUT2D eigenvalue weighted by molar-refractivity contribution is 0.0988. The lowest BCUT2D eigenvalue weighted by Crippen LogP contribution is -2.61. The Morgan fingerprint density at radius 3 is 2.47 bits per heavy atom. The highest BCUT2D eigenvalue weighted by Gasteiger charge is 2.57. The number of rotatable bonds is 5. The topological polar surface area (TPSA) is 102 Å². The molecule has 1 aromatic heterocycles. The summed E-state index contributed by atoms with van der Waals surface area (Å²) >= 11 is 0. The number of carbonyl (C=O) groups excluding carboxylic acids is 1. The van der Waals surface area contributed by atoms with Gasteiger partial charge in [0.2, 0.25) is 0 Å². The molecule has 0 bridgehead atoms. The van der Waals surface area contributed by atoms with Crippen molar-refractivity contribution in [3.63, 3.8) is 0 Å². The summed E-state index contributed by atoms with van der Waals surface area (Å²) in [5.74, 6) is -2.00. The van der Waals surface area contributed by atoms with E-state index in [1.807, 2.05) is 0 Å². The Labute approximate surface area is 185 Å². The number of pyridine rings is 1. The third kappa shape index (κ3) is 3.62. The van der Waals surface area contributed by atoms with Gasteiger partial charge in [0, 0.05) is 12.0 Å². The van der Waals surface area contributed by atoms with E-state index >= 15 is 0 Å². The molecule has 1 saturated carbocycles. The summed E-state index contributed by atoms with van der Waals surface area (Å²) in [4.78, 5) is 20.8. The van der Waals surface area contributed by atoms with E-state index in [1.165, 1.54) is 24.3 Å². The molecule has 1 fully saturated rings. The Kier molecular flexibility index (Phi) is 5.43. The molecule has 0 spiro atoms. The van der Waals surface area contributed by atoms with Gasteiger partial charge < -0.3 is 5.73 Å². The molecule has 2 atom stereocenters. The lowest BCUT2D eigenvalue weighted by Gasteiger charge is -2.46. The van der Waals surface area contributed by atoms with Crippen LogP contribution in [-0.2, 0) is 21.8 Å². The van der Waals surface area contributed by atoms with Crippen molar-refractivity contribution in [2.24, 2.45) is 16.6 Å². The van der Waals surface area contributed by atoms with Crippen molar-refractivity contribution in [1.29, 1.82) is 0 Å². The molecule has 6 nitrogen and oxygen atoms in total. The highest BCUT2D eigenvalue weighted by molar-refractivity contribution is 7.93. The number of halogens is 2. The normalized spacial score (nSPS) is 27.4. The van der Waals surface area contributed by atoms with Crippen LogP contribution in [0.3, 0.4) is 0 Å². The van der Waals surface area contributed by atoms with Crippen molar-refractivity contribution < 1.29 is 22.0 Å².